The van der Waals surface area contributed by atoms with Gasteiger partial charge in [0.2, 0.25) is 0 Å². The predicted molar refractivity (Wildman–Crippen MR) is 92.8 cm³/mol. The van der Waals surface area contributed by atoms with E-state index in [1.807, 2.05) is 0 Å². The highest BCUT2D eigenvalue weighted by molar-refractivity contribution is 14.1. The fraction of sp³-hybridized carbons (Fsp3) is 0.571. The van der Waals surface area contributed by atoms with Crippen LogP contribution < -0.4 is 0 Å². The van der Waals surface area contributed by atoms with Gasteiger partial charge in [-0.15, -0.1) is 0 Å². The van der Waals surface area contributed by atoms with Gasteiger partial charge in [-0.1, -0.05) is 69.4 Å². The van der Waals surface area contributed by atoms with Gasteiger partial charge in [-0.05, 0) is 24.0 Å². The topological polar surface area (TPSA) is 18.5 Å². The summed E-state index contributed by atoms with van der Waals surface area (Å²) in [5.74, 6) is 0. The third kappa shape index (κ3) is 7.91. The standard InChI is InChI=1S/C14H20I2O2/c15-6-2-8-17-11-13-4-1-5-14(10-13)12-18-9-3-7-16/h1,4-5,10H,2-3,6-9,11-12H2. The Kier molecular flexibility index (Phi) is 10.6. The van der Waals surface area contributed by atoms with Crippen LogP contribution in [-0.4, -0.2) is 22.1 Å². The summed E-state index contributed by atoms with van der Waals surface area (Å²) in [4.78, 5) is 0. The van der Waals surface area contributed by atoms with Crippen molar-refractivity contribution in [1.29, 1.82) is 0 Å². The van der Waals surface area contributed by atoms with Crippen LogP contribution in [0.3, 0.4) is 0 Å². The van der Waals surface area contributed by atoms with E-state index in [-0.39, 0.29) is 0 Å². The van der Waals surface area contributed by atoms with Crippen molar-refractivity contribution in [1.82, 2.24) is 0 Å². The van der Waals surface area contributed by atoms with Crippen molar-refractivity contribution in [3.63, 3.8) is 0 Å². The molecule has 2 nitrogen and oxygen atoms in total. The molecule has 1 aromatic carbocycles. The molecule has 0 aliphatic rings. The summed E-state index contributed by atoms with van der Waals surface area (Å²) in [6.45, 7) is 3.11. The lowest BCUT2D eigenvalue weighted by atomic mass is 10.1. The van der Waals surface area contributed by atoms with E-state index in [1.54, 1.807) is 0 Å². The molecule has 4 heteroatoms. The fourth-order valence-electron chi connectivity index (χ4n) is 1.50. The molecule has 0 radical (unpaired) electrons. The summed E-state index contributed by atoms with van der Waals surface area (Å²) in [7, 11) is 0. The van der Waals surface area contributed by atoms with Crippen LogP contribution in [0.1, 0.15) is 24.0 Å². The average molecular weight is 474 g/mol. The zero-order chi connectivity index (χ0) is 13.1. The third-order valence-corrected chi connectivity index (χ3v) is 3.90. The van der Waals surface area contributed by atoms with Crippen LogP contribution in [0.25, 0.3) is 0 Å². The lowest BCUT2D eigenvalue weighted by Crippen LogP contribution is -1.99. The molecule has 0 bridgehead atoms. The van der Waals surface area contributed by atoms with Gasteiger partial charge in [-0.3, -0.25) is 0 Å². The van der Waals surface area contributed by atoms with Crippen molar-refractivity contribution < 1.29 is 9.47 Å². The van der Waals surface area contributed by atoms with E-state index in [9.17, 15) is 0 Å². The molecule has 18 heavy (non-hydrogen) atoms. The molecule has 0 unspecified atom stereocenters. The highest BCUT2D eigenvalue weighted by Gasteiger charge is 1.97. The van der Waals surface area contributed by atoms with Gasteiger partial charge in [0.05, 0.1) is 13.2 Å². The first kappa shape index (κ1) is 16.7. The zero-order valence-corrected chi connectivity index (χ0v) is 14.9. The summed E-state index contributed by atoms with van der Waals surface area (Å²) in [6, 6.07) is 8.47. The van der Waals surface area contributed by atoms with E-state index < -0.39 is 0 Å². The van der Waals surface area contributed by atoms with Gasteiger partial charge in [0.1, 0.15) is 0 Å². The Morgan fingerprint density at radius 2 is 1.33 bits per heavy atom. The van der Waals surface area contributed by atoms with Gasteiger partial charge >= 0.3 is 0 Å². The van der Waals surface area contributed by atoms with E-state index in [0.29, 0.717) is 13.2 Å². The van der Waals surface area contributed by atoms with Crippen LogP contribution in [0.5, 0.6) is 0 Å². The van der Waals surface area contributed by atoms with Crippen molar-refractivity contribution in [2.75, 3.05) is 22.1 Å². The maximum absolute atomic E-state index is 5.61. The smallest absolute Gasteiger partial charge is 0.0716 e. The normalized spacial score (nSPS) is 10.8. The minimum absolute atomic E-state index is 0.707. The summed E-state index contributed by atoms with van der Waals surface area (Å²) >= 11 is 4.74. The van der Waals surface area contributed by atoms with E-state index in [0.717, 1.165) is 34.9 Å². The molecule has 102 valence electrons. The quantitative estimate of drug-likeness (QED) is 0.285. The lowest BCUT2D eigenvalue weighted by Gasteiger charge is -2.07. The molecule has 0 spiro atoms. The Hall–Kier alpha value is 0.600. The van der Waals surface area contributed by atoms with Crippen molar-refractivity contribution in [3.8, 4) is 0 Å². The van der Waals surface area contributed by atoms with Crippen molar-refractivity contribution in [2.45, 2.75) is 26.1 Å². The number of alkyl halides is 2. The van der Waals surface area contributed by atoms with Gasteiger partial charge in [0, 0.05) is 22.1 Å². The maximum Gasteiger partial charge on any atom is 0.0716 e. The second-order valence-corrected chi connectivity index (χ2v) is 6.17. The Morgan fingerprint density at radius 1 is 0.833 bits per heavy atom. The van der Waals surface area contributed by atoms with Crippen LogP contribution in [-0.2, 0) is 22.7 Å². The first-order valence-corrected chi connectivity index (χ1v) is 9.27. The molecule has 0 N–H and O–H groups in total. The van der Waals surface area contributed by atoms with E-state index in [4.69, 9.17) is 9.47 Å². The third-order valence-electron chi connectivity index (χ3n) is 2.37. The van der Waals surface area contributed by atoms with E-state index in [1.165, 1.54) is 11.1 Å². The Bertz CT molecular complexity index is 291. The second-order valence-electron chi connectivity index (χ2n) is 4.01. The van der Waals surface area contributed by atoms with Gasteiger partial charge in [0.25, 0.3) is 0 Å². The summed E-state index contributed by atoms with van der Waals surface area (Å²) < 4.78 is 13.5. The van der Waals surface area contributed by atoms with Gasteiger partial charge < -0.3 is 9.47 Å². The van der Waals surface area contributed by atoms with Crippen molar-refractivity contribution >= 4 is 45.2 Å². The molecular weight excluding hydrogens is 454 g/mol. The molecule has 0 saturated carbocycles. The summed E-state index contributed by atoms with van der Waals surface area (Å²) in [5.41, 5.74) is 2.47. The summed E-state index contributed by atoms with van der Waals surface area (Å²) in [5, 5.41) is 0. The molecule has 0 amide bonds. The van der Waals surface area contributed by atoms with Crippen molar-refractivity contribution in [3.05, 3.63) is 35.4 Å². The number of ether oxygens (including phenoxy) is 2. The molecule has 1 aromatic rings. The number of rotatable bonds is 10. The minimum Gasteiger partial charge on any atom is -0.377 e. The van der Waals surface area contributed by atoms with Crippen LogP contribution in [0, 0.1) is 0 Å². The highest BCUT2D eigenvalue weighted by atomic mass is 127. The van der Waals surface area contributed by atoms with Gasteiger partial charge in [-0.25, -0.2) is 0 Å². The SMILES string of the molecule is ICCCOCc1cccc(COCCCI)c1. The molecule has 0 atom stereocenters. The first-order valence-electron chi connectivity index (χ1n) is 6.22. The Balaban J connectivity index is 2.27. The van der Waals surface area contributed by atoms with Gasteiger partial charge in [0.15, 0.2) is 0 Å². The molecule has 0 aliphatic heterocycles. The largest absolute Gasteiger partial charge is 0.377 e. The molecule has 1 rings (SSSR count). The molecule has 0 fully saturated rings. The number of hydrogen-bond donors (Lipinski definition) is 0. The number of hydrogen-bond acceptors (Lipinski definition) is 2. The molecule has 0 aromatic heterocycles. The first-order chi connectivity index (χ1) is 8.86. The fourth-order valence-corrected chi connectivity index (χ4v) is 2.13. The lowest BCUT2D eigenvalue weighted by molar-refractivity contribution is 0.118. The van der Waals surface area contributed by atoms with Crippen molar-refractivity contribution in [2.24, 2.45) is 0 Å². The monoisotopic (exact) mass is 474 g/mol. The number of benzene rings is 1. The van der Waals surface area contributed by atoms with Crippen LogP contribution in [0.2, 0.25) is 0 Å². The second kappa shape index (κ2) is 11.4. The molecule has 0 saturated heterocycles. The number of halogens is 2. The molecule has 0 heterocycles. The van der Waals surface area contributed by atoms with E-state index >= 15 is 0 Å². The highest BCUT2D eigenvalue weighted by Crippen LogP contribution is 2.08. The Morgan fingerprint density at radius 3 is 1.78 bits per heavy atom. The van der Waals surface area contributed by atoms with E-state index in [2.05, 4.69) is 69.4 Å². The molecular formula is C14H20I2O2. The summed E-state index contributed by atoms with van der Waals surface area (Å²) in [6.07, 6.45) is 2.25. The average Bonchev–Trinajstić information content (AvgIpc) is 2.40. The maximum atomic E-state index is 5.61. The molecule has 0 aliphatic carbocycles. The van der Waals surface area contributed by atoms with Gasteiger partial charge in [-0.2, -0.15) is 0 Å². The minimum atomic E-state index is 0.707. The van der Waals surface area contributed by atoms with Crippen LogP contribution in [0.15, 0.2) is 24.3 Å². The zero-order valence-electron chi connectivity index (χ0n) is 10.5. The van der Waals surface area contributed by atoms with Crippen LogP contribution in [0.4, 0.5) is 0 Å². The van der Waals surface area contributed by atoms with Crippen LogP contribution >= 0.6 is 45.2 Å². The predicted octanol–water partition coefficient (Wildman–Crippen LogP) is 4.37. The Labute approximate surface area is 137 Å².